The van der Waals surface area contributed by atoms with Crippen molar-refractivity contribution in [2.24, 2.45) is 0 Å². The van der Waals surface area contributed by atoms with E-state index in [-0.39, 0.29) is 11.8 Å². The summed E-state index contributed by atoms with van der Waals surface area (Å²) in [4.78, 5) is 29.0. The molecular formula is C21H22N4O2S. The predicted octanol–water partition coefficient (Wildman–Crippen LogP) is 3.94. The van der Waals surface area contributed by atoms with Crippen molar-refractivity contribution in [1.82, 2.24) is 19.9 Å². The Kier molecular flexibility index (Phi) is 5.34. The number of thiazole rings is 1. The molecule has 0 N–H and O–H groups in total. The molecule has 1 atom stereocenters. The zero-order valence-corrected chi connectivity index (χ0v) is 16.8. The number of amides is 1. The van der Waals surface area contributed by atoms with E-state index in [1.54, 1.807) is 18.8 Å². The van der Waals surface area contributed by atoms with Crippen molar-refractivity contribution in [2.45, 2.75) is 25.7 Å². The van der Waals surface area contributed by atoms with Gasteiger partial charge in [0, 0.05) is 30.8 Å². The molecule has 0 radical (unpaired) electrons. The number of piperidine rings is 1. The van der Waals surface area contributed by atoms with Crippen molar-refractivity contribution in [1.29, 1.82) is 0 Å². The average molecular weight is 395 g/mol. The second-order valence-electron chi connectivity index (χ2n) is 6.92. The van der Waals surface area contributed by atoms with Crippen LogP contribution in [-0.4, -0.2) is 46.0 Å². The molecule has 0 bridgehead atoms. The topological polar surface area (TPSA) is 68.2 Å². The number of aromatic nitrogens is 3. The molecule has 4 rings (SSSR count). The fraction of sp³-hybridized carbons (Fsp3) is 0.333. The predicted molar refractivity (Wildman–Crippen MR) is 109 cm³/mol. The third-order valence-electron chi connectivity index (χ3n) is 5.09. The van der Waals surface area contributed by atoms with Gasteiger partial charge in [0.1, 0.15) is 10.6 Å². The molecule has 7 heteroatoms. The van der Waals surface area contributed by atoms with Crippen molar-refractivity contribution in [3.05, 3.63) is 58.4 Å². The largest absolute Gasteiger partial charge is 0.497 e. The van der Waals surface area contributed by atoms with E-state index in [1.165, 1.54) is 11.3 Å². The van der Waals surface area contributed by atoms with E-state index in [2.05, 4.69) is 9.97 Å². The Hall–Kier alpha value is -2.80. The molecule has 2 aromatic heterocycles. The first kappa shape index (κ1) is 18.6. The van der Waals surface area contributed by atoms with Gasteiger partial charge in [0.05, 0.1) is 35.9 Å². The monoisotopic (exact) mass is 394 g/mol. The number of ether oxygens (including phenoxy) is 1. The van der Waals surface area contributed by atoms with Gasteiger partial charge in [0.15, 0.2) is 0 Å². The Morgan fingerprint density at radius 1 is 1.32 bits per heavy atom. The van der Waals surface area contributed by atoms with Crippen LogP contribution in [0.1, 0.15) is 39.8 Å². The number of carbonyl (C=O) groups excluding carboxylic acids is 1. The lowest BCUT2D eigenvalue weighted by Crippen LogP contribution is -2.39. The van der Waals surface area contributed by atoms with Crippen LogP contribution in [0.2, 0.25) is 0 Å². The Morgan fingerprint density at radius 3 is 3.00 bits per heavy atom. The van der Waals surface area contributed by atoms with Crippen LogP contribution in [-0.2, 0) is 0 Å². The number of carbonyl (C=O) groups is 1. The second-order valence-corrected chi connectivity index (χ2v) is 7.77. The normalized spacial score (nSPS) is 16.8. The van der Waals surface area contributed by atoms with E-state index in [4.69, 9.17) is 9.72 Å². The number of methoxy groups -OCH3 is 1. The van der Waals surface area contributed by atoms with Gasteiger partial charge in [-0.1, -0.05) is 12.1 Å². The number of aryl methyl sites for hydroxylation is 1. The fourth-order valence-corrected chi connectivity index (χ4v) is 4.32. The van der Waals surface area contributed by atoms with E-state index >= 15 is 0 Å². The van der Waals surface area contributed by atoms with Crippen LogP contribution in [0.3, 0.4) is 0 Å². The quantitative estimate of drug-likeness (QED) is 0.670. The van der Waals surface area contributed by atoms with Crippen molar-refractivity contribution >= 4 is 17.2 Å². The van der Waals surface area contributed by atoms with Crippen molar-refractivity contribution in [3.8, 4) is 17.0 Å². The molecule has 0 aliphatic carbocycles. The number of benzene rings is 1. The van der Waals surface area contributed by atoms with Gasteiger partial charge in [-0.05, 0) is 31.9 Å². The van der Waals surface area contributed by atoms with E-state index < -0.39 is 0 Å². The van der Waals surface area contributed by atoms with Gasteiger partial charge < -0.3 is 9.64 Å². The smallest absolute Gasteiger partial charge is 0.265 e. The Bertz CT molecular complexity index is 988. The SMILES string of the molecule is COc1cccc(-c2cncc([C@H]3CCCN(C(=O)c4scnc4C)C3)n2)c1. The summed E-state index contributed by atoms with van der Waals surface area (Å²) < 4.78 is 5.31. The van der Waals surface area contributed by atoms with Crippen LogP contribution < -0.4 is 4.74 Å². The summed E-state index contributed by atoms with van der Waals surface area (Å²) in [6.45, 7) is 3.32. The third kappa shape index (κ3) is 3.75. The lowest BCUT2D eigenvalue weighted by molar-refractivity contribution is 0.0710. The highest BCUT2D eigenvalue weighted by molar-refractivity contribution is 7.11. The summed E-state index contributed by atoms with van der Waals surface area (Å²) in [5, 5.41) is 0. The standard InChI is InChI=1S/C21H22N4O2S/c1-14-20(28-13-23-14)21(26)25-8-4-6-16(12-25)19-11-22-10-18(24-19)15-5-3-7-17(9-15)27-2/h3,5,7,9-11,13,16H,4,6,8,12H2,1-2H3/t16-/m0/s1. The number of nitrogens with zero attached hydrogens (tertiary/aromatic N) is 4. The molecule has 6 nitrogen and oxygen atoms in total. The maximum absolute atomic E-state index is 12.9. The van der Waals surface area contributed by atoms with Crippen molar-refractivity contribution in [3.63, 3.8) is 0 Å². The second kappa shape index (κ2) is 8.06. The van der Waals surface area contributed by atoms with Gasteiger partial charge >= 0.3 is 0 Å². The number of hydrogen-bond acceptors (Lipinski definition) is 6. The van der Waals surface area contributed by atoms with Gasteiger partial charge in [-0.3, -0.25) is 9.78 Å². The zero-order valence-electron chi connectivity index (χ0n) is 16.0. The minimum absolute atomic E-state index is 0.0709. The van der Waals surface area contributed by atoms with Gasteiger partial charge in [-0.25, -0.2) is 9.97 Å². The summed E-state index contributed by atoms with van der Waals surface area (Å²) in [5.74, 6) is 1.05. The zero-order chi connectivity index (χ0) is 19.5. The molecule has 0 spiro atoms. The average Bonchev–Trinajstić information content (AvgIpc) is 3.19. The minimum Gasteiger partial charge on any atom is -0.497 e. The van der Waals surface area contributed by atoms with Gasteiger partial charge in [0.2, 0.25) is 0 Å². The molecule has 1 aliphatic rings. The highest BCUT2D eigenvalue weighted by Crippen LogP contribution is 2.29. The number of hydrogen-bond donors (Lipinski definition) is 0. The van der Waals surface area contributed by atoms with Crippen LogP contribution in [0.5, 0.6) is 5.75 Å². The molecule has 0 unspecified atom stereocenters. The number of rotatable bonds is 4. The van der Waals surface area contributed by atoms with Crippen LogP contribution in [0, 0.1) is 6.92 Å². The molecule has 1 saturated heterocycles. The Balaban J connectivity index is 1.55. The molecule has 3 heterocycles. The molecule has 1 fully saturated rings. The van der Waals surface area contributed by atoms with Crippen molar-refractivity contribution in [2.75, 3.05) is 20.2 Å². The minimum atomic E-state index is 0.0709. The van der Waals surface area contributed by atoms with Crippen LogP contribution in [0.4, 0.5) is 0 Å². The van der Waals surface area contributed by atoms with E-state index in [0.717, 1.165) is 52.7 Å². The molecule has 1 aromatic carbocycles. The maximum Gasteiger partial charge on any atom is 0.265 e. The number of likely N-dealkylation sites (tertiary alicyclic amines) is 1. The maximum atomic E-state index is 12.9. The molecule has 1 aliphatic heterocycles. The van der Waals surface area contributed by atoms with E-state index in [0.29, 0.717) is 6.54 Å². The highest BCUT2D eigenvalue weighted by atomic mass is 32.1. The highest BCUT2D eigenvalue weighted by Gasteiger charge is 2.28. The van der Waals surface area contributed by atoms with Crippen LogP contribution in [0.15, 0.2) is 42.2 Å². The summed E-state index contributed by atoms with van der Waals surface area (Å²) in [6, 6.07) is 7.81. The first-order valence-corrected chi connectivity index (χ1v) is 10.2. The lowest BCUT2D eigenvalue weighted by atomic mass is 9.94. The van der Waals surface area contributed by atoms with E-state index in [1.807, 2.05) is 42.3 Å². The first-order chi connectivity index (χ1) is 13.7. The summed E-state index contributed by atoms with van der Waals surface area (Å²) >= 11 is 1.41. The summed E-state index contributed by atoms with van der Waals surface area (Å²) in [6.07, 6.45) is 5.55. The third-order valence-corrected chi connectivity index (χ3v) is 6.00. The molecule has 3 aromatic rings. The molecule has 28 heavy (non-hydrogen) atoms. The summed E-state index contributed by atoms with van der Waals surface area (Å²) in [5.41, 5.74) is 5.25. The van der Waals surface area contributed by atoms with E-state index in [9.17, 15) is 4.79 Å². The van der Waals surface area contributed by atoms with Crippen molar-refractivity contribution < 1.29 is 9.53 Å². The fourth-order valence-electron chi connectivity index (χ4n) is 3.55. The summed E-state index contributed by atoms with van der Waals surface area (Å²) in [7, 11) is 1.65. The van der Waals surface area contributed by atoms with Gasteiger partial charge in [0.25, 0.3) is 5.91 Å². The van der Waals surface area contributed by atoms with Crippen LogP contribution in [0.25, 0.3) is 11.3 Å². The molecule has 144 valence electrons. The molecular weight excluding hydrogens is 372 g/mol. The Morgan fingerprint density at radius 2 is 2.21 bits per heavy atom. The molecule has 0 saturated carbocycles. The van der Waals surface area contributed by atoms with Gasteiger partial charge in [-0.15, -0.1) is 11.3 Å². The van der Waals surface area contributed by atoms with Crippen LogP contribution >= 0.6 is 11.3 Å². The lowest BCUT2D eigenvalue weighted by Gasteiger charge is -2.32. The van der Waals surface area contributed by atoms with Gasteiger partial charge in [-0.2, -0.15) is 0 Å². The Labute approximate surface area is 168 Å². The molecule has 1 amide bonds. The first-order valence-electron chi connectivity index (χ1n) is 9.31.